The molecule has 0 unspecified atom stereocenters. The molecule has 0 aliphatic heterocycles. The smallest absolute Gasteiger partial charge is 0.239 e. The predicted octanol–water partition coefficient (Wildman–Crippen LogP) is 1.65. The summed E-state index contributed by atoms with van der Waals surface area (Å²) in [4.78, 5) is 8.76. The van der Waals surface area contributed by atoms with Gasteiger partial charge < -0.3 is 0 Å². The number of nitrogen functional groups attached to an aromatic ring is 1. The monoisotopic (exact) mass is 277 g/mol. The van der Waals surface area contributed by atoms with Crippen molar-refractivity contribution < 1.29 is 0 Å². The summed E-state index contributed by atoms with van der Waals surface area (Å²) in [6.07, 6.45) is 0. The lowest BCUT2D eigenvalue weighted by Crippen LogP contribution is -2.13. The van der Waals surface area contributed by atoms with Gasteiger partial charge in [-0.25, -0.2) is 10.8 Å². The van der Waals surface area contributed by atoms with Crippen LogP contribution in [0.25, 0.3) is 27.8 Å². The number of fused-ring (bicyclic) bond motifs is 2. The first-order chi connectivity index (χ1) is 10.4. The zero-order valence-electron chi connectivity index (χ0n) is 10.9. The minimum absolute atomic E-state index is 0.336. The summed E-state index contributed by atoms with van der Waals surface area (Å²) in [5, 5.41) is 9.24. The molecule has 2 aromatic heterocycles. The van der Waals surface area contributed by atoms with Crippen molar-refractivity contribution in [3.63, 3.8) is 0 Å². The normalized spacial score (nSPS) is 11.1. The fraction of sp³-hybridized carbons (Fsp3) is 0. The van der Waals surface area contributed by atoms with Crippen molar-refractivity contribution in [2.45, 2.75) is 0 Å². The molecule has 2 heterocycles. The van der Waals surface area contributed by atoms with E-state index in [9.17, 15) is 0 Å². The standard InChI is InChI=1S/C14H11N7/c15-18-14-16-10-6-2-1-5-9(10)13(17-14)21-12-8-4-3-7-11(12)19-20-21/h1-8H,15H2,(H,16,17,18). The highest BCUT2D eigenvalue weighted by Gasteiger charge is 2.12. The molecule has 0 bridgehead atoms. The van der Waals surface area contributed by atoms with Crippen LogP contribution in [0.5, 0.6) is 0 Å². The van der Waals surface area contributed by atoms with Crippen LogP contribution in [0.3, 0.4) is 0 Å². The number of nitrogens with two attached hydrogens (primary N) is 1. The van der Waals surface area contributed by atoms with Gasteiger partial charge in [0.1, 0.15) is 5.52 Å². The summed E-state index contributed by atoms with van der Waals surface area (Å²) in [5.74, 6) is 6.43. The Hall–Kier alpha value is -3.06. The lowest BCUT2D eigenvalue weighted by molar-refractivity contribution is 0.805. The van der Waals surface area contributed by atoms with Gasteiger partial charge >= 0.3 is 0 Å². The third-order valence-corrected chi connectivity index (χ3v) is 3.26. The fourth-order valence-corrected chi connectivity index (χ4v) is 2.31. The van der Waals surface area contributed by atoms with Crippen molar-refractivity contribution >= 4 is 27.9 Å². The molecule has 102 valence electrons. The predicted molar refractivity (Wildman–Crippen MR) is 79.8 cm³/mol. The van der Waals surface area contributed by atoms with Crippen molar-refractivity contribution in [1.29, 1.82) is 0 Å². The number of nitrogens with zero attached hydrogens (tertiary/aromatic N) is 5. The van der Waals surface area contributed by atoms with Crippen LogP contribution in [0.4, 0.5) is 5.95 Å². The maximum atomic E-state index is 5.46. The highest BCUT2D eigenvalue weighted by molar-refractivity contribution is 5.88. The van der Waals surface area contributed by atoms with Crippen molar-refractivity contribution in [1.82, 2.24) is 25.0 Å². The van der Waals surface area contributed by atoms with Gasteiger partial charge in [0, 0.05) is 5.39 Å². The molecule has 0 aliphatic rings. The Bertz CT molecular complexity index is 944. The third kappa shape index (κ3) is 1.79. The molecular weight excluding hydrogens is 266 g/mol. The van der Waals surface area contributed by atoms with Crippen LogP contribution in [0, 0.1) is 0 Å². The second kappa shape index (κ2) is 4.50. The van der Waals surface area contributed by atoms with Crippen LogP contribution >= 0.6 is 0 Å². The lowest BCUT2D eigenvalue weighted by atomic mass is 10.2. The summed E-state index contributed by atoms with van der Waals surface area (Å²) in [7, 11) is 0. The van der Waals surface area contributed by atoms with Crippen LogP contribution in [0.15, 0.2) is 48.5 Å². The minimum Gasteiger partial charge on any atom is -0.292 e. The van der Waals surface area contributed by atoms with Gasteiger partial charge in [-0.1, -0.05) is 29.5 Å². The van der Waals surface area contributed by atoms with E-state index in [0.29, 0.717) is 11.8 Å². The van der Waals surface area contributed by atoms with E-state index in [2.05, 4.69) is 25.7 Å². The molecule has 4 rings (SSSR count). The first-order valence-electron chi connectivity index (χ1n) is 6.41. The Morgan fingerprint density at radius 2 is 1.67 bits per heavy atom. The van der Waals surface area contributed by atoms with Crippen LogP contribution in [0.2, 0.25) is 0 Å². The van der Waals surface area contributed by atoms with Gasteiger partial charge in [0.2, 0.25) is 5.95 Å². The van der Waals surface area contributed by atoms with Crippen LogP contribution in [0.1, 0.15) is 0 Å². The van der Waals surface area contributed by atoms with E-state index in [1.165, 1.54) is 0 Å². The number of para-hydroxylation sites is 2. The molecule has 21 heavy (non-hydrogen) atoms. The largest absolute Gasteiger partial charge is 0.292 e. The number of hydrogen-bond acceptors (Lipinski definition) is 6. The summed E-state index contributed by atoms with van der Waals surface area (Å²) < 4.78 is 1.69. The molecule has 0 radical (unpaired) electrons. The Morgan fingerprint density at radius 3 is 2.52 bits per heavy atom. The van der Waals surface area contributed by atoms with Crippen molar-refractivity contribution in [3.05, 3.63) is 48.5 Å². The van der Waals surface area contributed by atoms with Gasteiger partial charge in [0.05, 0.1) is 11.0 Å². The van der Waals surface area contributed by atoms with Crippen LogP contribution < -0.4 is 11.3 Å². The zero-order valence-corrected chi connectivity index (χ0v) is 10.9. The fourth-order valence-electron chi connectivity index (χ4n) is 2.31. The van der Waals surface area contributed by atoms with Gasteiger partial charge in [0.15, 0.2) is 5.82 Å². The Labute approximate surface area is 119 Å². The molecule has 2 aromatic carbocycles. The summed E-state index contributed by atoms with van der Waals surface area (Å²) in [5.41, 5.74) is 4.96. The molecule has 0 atom stereocenters. The SMILES string of the molecule is NNc1nc(-n2nnc3ccccc32)c2ccccc2n1. The summed E-state index contributed by atoms with van der Waals surface area (Å²) >= 11 is 0. The van der Waals surface area contributed by atoms with Crippen molar-refractivity contribution in [3.8, 4) is 5.82 Å². The number of hydrogen-bond donors (Lipinski definition) is 2. The highest BCUT2D eigenvalue weighted by Crippen LogP contribution is 2.23. The van der Waals surface area contributed by atoms with E-state index in [-0.39, 0.29) is 0 Å². The molecular formula is C14H11N7. The topological polar surface area (TPSA) is 94.5 Å². The van der Waals surface area contributed by atoms with Crippen LogP contribution in [-0.4, -0.2) is 25.0 Å². The van der Waals surface area contributed by atoms with Gasteiger partial charge in [-0.15, -0.1) is 5.10 Å². The third-order valence-electron chi connectivity index (χ3n) is 3.26. The molecule has 7 nitrogen and oxygen atoms in total. The second-order valence-corrected chi connectivity index (χ2v) is 4.52. The molecule has 0 saturated heterocycles. The number of aromatic nitrogens is 5. The van der Waals surface area contributed by atoms with E-state index in [0.717, 1.165) is 21.9 Å². The Morgan fingerprint density at radius 1 is 0.905 bits per heavy atom. The molecule has 3 N–H and O–H groups in total. The van der Waals surface area contributed by atoms with E-state index in [1.807, 2.05) is 48.5 Å². The molecule has 0 fully saturated rings. The van der Waals surface area contributed by atoms with Crippen molar-refractivity contribution in [2.24, 2.45) is 5.84 Å². The Balaban J connectivity index is 2.09. The van der Waals surface area contributed by atoms with Crippen molar-refractivity contribution in [2.75, 3.05) is 5.43 Å². The maximum absolute atomic E-state index is 5.46. The average molecular weight is 277 g/mol. The molecule has 7 heteroatoms. The first kappa shape index (κ1) is 11.7. The number of nitrogens with one attached hydrogen (secondary N) is 1. The maximum Gasteiger partial charge on any atom is 0.239 e. The van der Waals surface area contributed by atoms with Gasteiger partial charge in [-0.05, 0) is 24.3 Å². The molecule has 4 aromatic rings. The number of benzene rings is 2. The van der Waals surface area contributed by atoms with Gasteiger partial charge in [0.25, 0.3) is 0 Å². The Kier molecular flexibility index (Phi) is 2.51. The van der Waals surface area contributed by atoms with E-state index in [4.69, 9.17) is 5.84 Å². The van der Waals surface area contributed by atoms with Gasteiger partial charge in [-0.2, -0.15) is 9.67 Å². The van der Waals surface area contributed by atoms with E-state index >= 15 is 0 Å². The number of hydrazine groups is 1. The quantitative estimate of drug-likeness (QED) is 0.427. The summed E-state index contributed by atoms with van der Waals surface area (Å²) in [6.45, 7) is 0. The van der Waals surface area contributed by atoms with E-state index < -0.39 is 0 Å². The molecule has 0 spiro atoms. The lowest BCUT2D eigenvalue weighted by Gasteiger charge is -2.08. The minimum atomic E-state index is 0.336. The van der Waals surface area contributed by atoms with Gasteiger partial charge in [-0.3, -0.25) is 5.43 Å². The number of rotatable bonds is 2. The summed E-state index contributed by atoms with van der Waals surface area (Å²) in [6, 6.07) is 15.4. The highest BCUT2D eigenvalue weighted by atomic mass is 15.5. The van der Waals surface area contributed by atoms with Crippen LogP contribution in [-0.2, 0) is 0 Å². The average Bonchev–Trinajstić information content (AvgIpc) is 2.97. The zero-order chi connectivity index (χ0) is 14.2. The molecule has 0 saturated carbocycles. The number of anilines is 1. The molecule has 0 aliphatic carbocycles. The molecule has 0 amide bonds. The second-order valence-electron chi connectivity index (χ2n) is 4.52. The van der Waals surface area contributed by atoms with E-state index in [1.54, 1.807) is 4.68 Å². The first-order valence-corrected chi connectivity index (χ1v) is 6.41.